The Morgan fingerprint density at radius 1 is 0.294 bits per heavy atom. The molecule has 8 atom stereocenters. The maximum absolute atomic E-state index is 13.6. The number of rotatable bonds is 40. The number of carbonyl (C=O) groups excluding carboxylic acids is 8. The highest BCUT2D eigenvalue weighted by Gasteiger charge is 2.63. The summed E-state index contributed by atoms with van der Waals surface area (Å²) in [7, 11) is -9.45. The van der Waals surface area contributed by atoms with Gasteiger partial charge in [-0.15, -0.1) is 13.2 Å². The first kappa shape index (κ1) is 109. The second kappa shape index (κ2) is 48.6. The number of imide groups is 4. The molecule has 19 nitrogen and oxygen atoms in total. The molecule has 0 radical (unpaired) electrons. The topological polar surface area (TPSA) is 214 Å². The lowest BCUT2D eigenvalue weighted by molar-refractivity contribution is -0.160. The Hall–Kier alpha value is -10.6. The van der Waals surface area contributed by atoms with E-state index in [4.69, 9.17) is 31.9 Å². The van der Waals surface area contributed by atoms with E-state index in [1.54, 1.807) is 103 Å². The Labute approximate surface area is 815 Å². The van der Waals surface area contributed by atoms with Crippen LogP contribution in [0.1, 0.15) is 266 Å². The fraction of sp³-hybridized carbons (Fsp3) is 0.434. The molecule has 0 spiro atoms. The average Bonchev–Trinajstić information content (AvgIpc) is 0.737. The lowest BCUT2D eigenvalue weighted by Crippen LogP contribution is -2.66. The lowest BCUT2D eigenvalue weighted by Gasteiger charge is -2.52. The first-order valence-electron chi connectivity index (χ1n) is 48.7. The zero-order valence-corrected chi connectivity index (χ0v) is 88.9. The van der Waals surface area contributed by atoms with Crippen LogP contribution in [0.5, 0.6) is 17.2 Å². The maximum Gasteiger partial charge on any atom is 0.261 e. The molecule has 0 saturated carbocycles. The minimum Gasteiger partial charge on any atom is -0.493 e. The molecule has 12 rings (SSSR count). The van der Waals surface area contributed by atoms with Crippen molar-refractivity contribution in [3.05, 3.63) is 319 Å². The molecule has 4 aliphatic heterocycles. The third-order valence-corrected chi connectivity index (χ3v) is 52.3. The van der Waals surface area contributed by atoms with Crippen LogP contribution in [-0.2, 0) is 43.3 Å². The number of nitrogens with zero attached hydrogens (tertiary/aromatic N) is 4. The predicted octanol–water partition coefficient (Wildman–Crippen LogP) is 26.7. The largest absolute Gasteiger partial charge is 0.493 e. The van der Waals surface area contributed by atoms with Crippen molar-refractivity contribution >= 4 is 80.5 Å². The monoisotopic (exact) mass is 1920 g/mol. The zero-order valence-electron chi connectivity index (χ0n) is 84.9. The molecular weight excluding hydrogens is 1770 g/mol. The molecule has 8 aromatic rings. The number of carbonyl (C=O) groups is 8. The summed E-state index contributed by atoms with van der Waals surface area (Å²) in [4.78, 5) is 114. The molecule has 4 unspecified atom stereocenters. The van der Waals surface area contributed by atoms with Crippen molar-refractivity contribution in [2.45, 2.75) is 294 Å². The minimum atomic E-state index is -2.38. The normalized spacial score (nSPS) is 18.4. The molecule has 4 aliphatic rings. The molecule has 136 heavy (non-hydrogen) atoms. The van der Waals surface area contributed by atoms with Crippen molar-refractivity contribution in [1.82, 2.24) is 19.6 Å². The van der Waals surface area contributed by atoms with Crippen LogP contribution in [-0.4, -0.2) is 144 Å². The molecular formula is C113H150N4O15Si4. The SMILES string of the molecule is C=CCCOc1ccccc1C1[C@@H](O[Si](C(C)C)(C(C)C)C(C)C)C(=O)N1C(=O)c1ccccc1.C=CCOc1cccc(C2[C@@H](O[Si](C(C)C)(C(C)C)C(C)C)C(=O)N2C(=O)c2ccccc2)c1.C=CCOc1ccccc1C1[C@@H](O[Si](C(C)C)(C(C)C)C(C)C)C(=O)N1C(=O)c1ccccc1.C=CCc1ccccc1C1[C@@H](O[Si](C(C)C)(C(C)C)C(C)C)C(=O)N1C(=O)c1ccccc1. The molecule has 4 saturated heterocycles. The average molecular weight is 1920 g/mol. The van der Waals surface area contributed by atoms with Crippen molar-refractivity contribution < 1.29 is 70.3 Å². The Balaban J connectivity index is 0.000000203. The zero-order chi connectivity index (χ0) is 100. The summed E-state index contributed by atoms with van der Waals surface area (Å²) in [5.41, 5.74) is 10.2. The molecule has 0 bridgehead atoms. The van der Waals surface area contributed by atoms with Crippen LogP contribution in [0.15, 0.2) is 269 Å². The number of hydrogen-bond donors (Lipinski definition) is 0. The highest BCUT2D eigenvalue weighted by molar-refractivity contribution is 6.79. The van der Waals surface area contributed by atoms with Gasteiger partial charge in [-0.1, -0.05) is 349 Å². The van der Waals surface area contributed by atoms with E-state index in [2.05, 4.69) is 192 Å². The minimum absolute atomic E-state index is 0.235. The Morgan fingerprint density at radius 3 is 0.860 bits per heavy atom. The first-order chi connectivity index (χ1) is 64.6. The van der Waals surface area contributed by atoms with Gasteiger partial charge in [0.2, 0.25) is 33.3 Å². The van der Waals surface area contributed by atoms with Crippen molar-refractivity contribution in [3.63, 3.8) is 0 Å². The van der Waals surface area contributed by atoms with Gasteiger partial charge in [-0.2, -0.15) is 0 Å². The van der Waals surface area contributed by atoms with Crippen molar-refractivity contribution in [2.75, 3.05) is 19.8 Å². The number of benzene rings is 8. The van der Waals surface area contributed by atoms with E-state index in [-0.39, 0.29) is 47.3 Å². The number of amides is 8. The van der Waals surface area contributed by atoms with Gasteiger partial charge in [0.15, 0.2) is 24.4 Å². The van der Waals surface area contributed by atoms with Gasteiger partial charge in [0, 0.05) is 33.4 Å². The summed E-state index contributed by atoms with van der Waals surface area (Å²) in [6.45, 7) is 69.1. The third-order valence-electron chi connectivity index (χ3n) is 28.0. The van der Waals surface area contributed by atoms with Crippen LogP contribution in [0.4, 0.5) is 0 Å². The number of hydrogen-bond acceptors (Lipinski definition) is 15. The van der Waals surface area contributed by atoms with E-state index >= 15 is 0 Å². The van der Waals surface area contributed by atoms with Gasteiger partial charge in [0.25, 0.3) is 47.3 Å². The fourth-order valence-corrected chi connectivity index (χ4v) is 44.0. The summed E-state index contributed by atoms with van der Waals surface area (Å²) in [6.07, 6.45) is 5.61. The van der Waals surface area contributed by atoms with Gasteiger partial charge >= 0.3 is 0 Å². The molecule has 8 amide bonds. The van der Waals surface area contributed by atoms with E-state index in [0.29, 0.717) is 139 Å². The van der Waals surface area contributed by atoms with Crippen LogP contribution in [0.3, 0.4) is 0 Å². The smallest absolute Gasteiger partial charge is 0.261 e. The Kier molecular flexibility index (Phi) is 39.0. The predicted molar refractivity (Wildman–Crippen MR) is 556 cm³/mol. The van der Waals surface area contributed by atoms with Crippen molar-refractivity contribution in [2.24, 2.45) is 0 Å². The van der Waals surface area contributed by atoms with E-state index < -0.39 is 81.9 Å². The lowest BCUT2D eigenvalue weighted by atomic mass is 9.86. The van der Waals surface area contributed by atoms with Crippen LogP contribution in [0.25, 0.3) is 0 Å². The molecule has 728 valence electrons. The maximum atomic E-state index is 13.6. The van der Waals surface area contributed by atoms with Crippen LogP contribution in [0.2, 0.25) is 66.5 Å². The van der Waals surface area contributed by atoms with Gasteiger partial charge in [0.05, 0.1) is 18.7 Å². The van der Waals surface area contributed by atoms with Gasteiger partial charge < -0.3 is 31.9 Å². The number of allylic oxidation sites excluding steroid dienone is 1. The molecule has 0 N–H and O–H groups in total. The Bertz CT molecular complexity index is 5300. The Morgan fingerprint density at radius 2 is 0.559 bits per heavy atom. The van der Waals surface area contributed by atoms with Crippen LogP contribution in [0, 0.1) is 0 Å². The van der Waals surface area contributed by atoms with Gasteiger partial charge in [-0.3, -0.25) is 58.0 Å². The molecule has 0 aromatic heterocycles. The van der Waals surface area contributed by atoms with E-state index in [1.807, 2.05) is 140 Å². The summed E-state index contributed by atoms with van der Waals surface area (Å²) in [5, 5.41) is 0. The quantitative estimate of drug-likeness (QED) is 0.0115. The molecule has 4 heterocycles. The molecule has 4 fully saturated rings. The summed E-state index contributed by atoms with van der Waals surface area (Å²) < 4.78 is 45.5. The second-order valence-electron chi connectivity index (χ2n) is 39.7. The first-order valence-corrected chi connectivity index (χ1v) is 57.3. The number of ether oxygens (including phenoxy) is 3. The molecule has 23 heteroatoms. The third kappa shape index (κ3) is 22.9. The van der Waals surface area contributed by atoms with Gasteiger partial charge in [-0.05, 0) is 169 Å². The van der Waals surface area contributed by atoms with E-state index in [0.717, 1.165) is 27.8 Å². The summed E-state index contributed by atoms with van der Waals surface area (Å²) >= 11 is 0. The number of β-lactam (4-membered cyclic amide) rings is 4. The van der Waals surface area contributed by atoms with Crippen molar-refractivity contribution in [1.29, 1.82) is 0 Å². The summed E-state index contributed by atoms with van der Waals surface area (Å²) in [6, 6.07) is 64.6. The van der Waals surface area contributed by atoms with Gasteiger partial charge in [0.1, 0.15) is 42.5 Å². The van der Waals surface area contributed by atoms with Crippen LogP contribution >= 0.6 is 0 Å². The highest BCUT2D eigenvalue weighted by atomic mass is 28.4. The van der Waals surface area contributed by atoms with Crippen LogP contribution < -0.4 is 14.2 Å². The molecule has 8 aromatic carbocycles. The second-order valence-corrected chi connectivity index (χ2v) is 61.3. The number of likely N-dealkylation sites (tertiary alicyclic amines) is 4. The van der Waals surface area contributed by atoms with Crippen molar-refractivity contribution in [3.8, 4) is 17.2 Å². The van der Waals surface area contributed by atoms with E-state index in [1.165, 1.54) is 19.6 Å². The number of para-hydroxylation sites is 2. The van der Waals surface area contributed by atoms with E-state index in [9.17, 15) is 38.4 Å². The van der Waals surface area contributed by atoms with Gasteiger partial charge in [-0.25, -0.2) is 0 Å². The fourth-order valence-electron chi connectivity index (χ4n) is 22.1. The highest BCUT2D eigenvalue weighted by Crippen LogP contribution is 2.55. The standard InChI is InChI=1S/C29H39NO4Si.2C28H37NO4Si.C28H37NO3Si/c1-8-9-19-33-25-18-14-13-17-24(25)26-27(34-35(20(2)3,21(4)5)22(6)7)29(32)30(26)28(31)23-15-11-10-12-16-23;1-8-18-32-24-17-13-12-16-23(24)25-26(33-34(19(2)3,20(4)5)21(6)7)28(31)29(25)27(30)22-14-10-9-11-15-22;1-8-17-32-24-16-12-15-23(18-24)25-26(33-34(19(2)3,20(4)5)21(6)7)28(31)29(25)27(30)22-13-10-9-11-14-22;1-8-14-22-15-12-13-18-24(22)25-26(32-33(19(2)3,20(4)5)21(6)7)28(31)29(25)27(30)23-16-10-9-11-17-23/h8,10-18,20-22,26-27H,1,9,19H2,2-7H3;8-17,19-21,25-26H,1,18H2,2-7H3;8-16,18-21,25-26H,1,17H2,2-7H3;8-13,15-21,25-26H,1,14H2,2-7H3/t26?,27-;3*25?,26-/m1111/s1. The molecule has 0 aliphatic carbocycles. The summed E-state index contributed by atoms with van der Waals surface area (Å²) in [5.74, 6) is -0.309.